The summed E-state index contributed by atoms with van der Waals surface area (Å²) in [6.07, 6.45) is 0.607. The molecule has 0 radical (unpaired) electrons. The summed E-state index contributed by atoms with van der Waals surface area (Å²) >= 11 is 0. The Morgan fingerprint density at radius 3 is 2.33 bits per heavy atom. The molecular formula is C22H30N4O4. The van der Waals surface area contributed by atoms with Crippen LogP contribution in [-0.2, 0) is 19.1 Å². The monoisotopic (exact) mass is 414 g/mol. The third kappa shape index (κ3) is 4.88. The molecule has 1 N–H and O–H groups in total. The zero-order valence-electron chi connectivity index (χ0n) is 17.9. The van der Waals surface area contributed by atoms with E-state index in [0.29, 0.717) is 61.8 Å². The van der Waals surface area contributed by atoms with Crippen LogP contribution in [0.4, 0.5) is 5.69 Å². The van der Waals surface area contributed by atoms with E-state index < -0.39 is 0 Å². The van der Waals surface area contributed by atoms with Crippen LogP contribution in [0.1, 0.15) is 25.8 Å². The molecule has 0 unspecified atom stereocenters. The number of rotatable bonds is 8. The topological polar surface area (TPSA) is 82.2 Å². The van der Waals surface area contributed by atoms with Crippen molar-refractivity contribution in [3.8, 4) is 0 Å². The van der Waals surface area contributed by atoms with Crippen molar-refractivity contribution in [3.05, 3.63) is 35.5 Å². The molecule has 0 saturated carbocycles. The fraction of sp³-hybridized carbons (Fsp3) is 0.500. The Morgan fingerprint density at radius 1 is 1.07 bits per heavy atom. The molecule has 0 bridgehead atoms. The molecule has 1 fully saturated rings. The number of piperazine rings is 1. The van der Waals surface area contributed by atoms with E-state index in [2.05, 4.69) is 17.3 Å². The first-order valence-electron chi connectivity index (χ1n) is 10.4. The van der Waals surface area contributed by atoms with Gasteiger partial charge in [0.15, 0.2) is 0 Å². The first-order chi connectivity index (χ1) is 14.4. The number of likely N-dealkylation sites (N-methyl/N-ethyl adjacent to an activating group) is 1. The molecule has 3 rings (SSSR count). The summed E-state index contributed by atoms with van der Waals surface area (Å²) in [6, 6.07) is 7.07. The van der Waals surface area contributed by atoms with Gasteiger partial charge in [0.1, 0.15) is 5.70 Å². The first kappa shape index (κ1) is 22.0. The fourth-order valence-electron chi connectivity index (χ4n) is 3.74. The van der Waals surface area contributed by atoms with Crippen molar-refractivity contribution in [1.29, 1.82) is 0 Å². The van der Waals surface area contributed by atoms with Crippen LogP contribution in [0, 0.1) is 0 Å². The van der Waals surface area contributed by atoms with Crippen molar-refractivity contribution in [2.75, 3.05) is 58.3 Å². The Morgan fingerprint density at radius 2 is 1.73 bits per heavy atom. The number of nitrogens with zero attached hydrogens (tertiary/aromatic N) is 3. The second kappa shape index (κ2) is 9.86. The average molecular weight is 415 g/mol. The molecule has 3 amide bonds. The van der Waals surface area contributed by atoms with Crippen molar-refractivity contribution in [2.24, 2.45) is 0 Å². The normalized spacial score (nSPS) is 17.8. The van der Waals surface area contributed by atoms with Gasteiger partial charge < -0.3 is 19.9 Å². The second-order valence-electron chi connectivity index (χ2n) is 7.58. The lowest BCUT2D eigenvalue weighted by Gasteiger charge is -2.34. The Kier molecular flexibility index (Phi) is 7.23. The van der Waals surface area contributed by atoms with Crippen LogP contribution in [0.5, 0.6) is 0 Å². The third-order valence-electron chi connectivity index (χ3n) is 5.33. The molecule has 2 aliphatic rings. The Bertz CT molecular complexity index is 826. The summed E-state index contributed by atoms with van der Waals surface area (Å²) in [4.78, 5) is 43.4. The van der Waals surface area contributed by atoms with Gasteiger partial charge in [0.25, 0.3) is 11.8 Å². The van der Waals surface area contributed by atoms with E-state index in [0.717, 1.165) is 13.1 Å². The molecule has 0 aliphatic carbocycles. The van der Waals surface area contributed by atoms with E-state index in [1.54, 1.807) is 24.3 Å². The number of hydrogen-bond acceptors (Lipinski definition) is 6. The molecule has 0 spiro atoms. The minimum absolute atomic E-state index is 0.160. The average Bonchev–Trinajstić information content (AvgIpc) is 2.96. The van der Waals surface area contributed by atoms with Crippen molar-refractivity contribution in [3.63, 3.8) is 0 Å². The van der Waals surface area contributed by atoms with E-state index in [1.807, 2.05) is 11.8 Å². The highest BCUT2D eigenvalue weighted by Crippen LogP contribution is 2.32. The zero-order chi connectivity index (χ0) is 21.7. The molecule has 8 nitrogen and oxygen atoms in total. The van der Waals surface area contributed by atoms with E-state index in [9.17, 15) is 14.4 Å². The second-order valence-corrected chi connectivity index (χ2v) is 7.58. The highest BCUT2D eigenvalue weighted by atomic mass is 16.5. The summed E-state index contributed by atoms with van der Waals surface area (Å²) in [5, 5.41) is 2.72. The van der Waals surface area contributed by atoms with Gasteiger partial charge in [0.2, 0.25) is 5.91 Å². The standard InChI is InChI=1S/C22H30N4O4/c1-4-30-15-5-10-26-21(28)19(17-6-8-18(9-7-17)23-16(2)27)20(22(26)29)25-13-11-24(3)12-14-25/h6-9H,4-5,10-15H2,1-3H3,(H,23,27). The lowest BCUT2D eigenvalue weighted by atomic mass is 10.0. The summed E-state index contributed by atoms with van der Waals surface area (Å²) in [5.74, 6) is -0.660. The van der Waals surface area contributed by atoms with E-state index in [4.69, 9.17) is 4.74 Å². The number of anilines is 1. The fourth-order valence-corrected chi connectivity index (χ4v) is 3.74. The quantitative estimate of drug-likeness (QED) is 0.512. The van der Waals surface area contributed by atoms with Crippen LogP contribution in [0.3, 0.4) is 0 Å². The van der Waals surface area contributed by atoms with Gasteiger partial charge in [0.05, 0.1) is 5.57 Å². The molecule has 2 aliphatic heterocycles. The number of amides is 3. The number of nitrogens with one attached hydrogen (secondary N) is 1. The largest absolute Gasteiger partial charge is 0.382 e. The van der Waals surface area contributed by atoms with Gasteiger partial charge in [-0.1, -0.05) is 12.1 Å². The van der Waals surface area contributed by atoms with Crippen molar-refractivity contribution in [2.45, 2.75) is 20.3 Å². The molecule has 0 atom stereocenters. The van der Waals surface area contributed by atoms with Gasteiger partial charge in [-0.2, -0.15) is 0 Å². The first-order valence-corrected chi connectivity index (χ1v) is 10.4. The minimum Gasteiger partial charge on any atom is -0.382 e. The van der Waals surface area contributed by atoms with Crippen LogP contribution in [0.2, 0.25) is 0 Å². The molecule has 8 heteroatoms. The van der Waals surface area contributed by atoms with Gasteiger partial charge in [-0.05, 0) is 38.1 Å². The molecule has 1 saturated heterocycles. The molecule has 0 aromatic heterocycles. The summed E-state index contributed by atoms with van der Waals surface area (Å²) in [5.41, 5.74) is 2.26. The third-order valence-corrected chi connectivity index (χ3v) is 5.33. The Balaban J connectivity index is 1.89. The highest BCUT2D eigenvalue weighted by molar-refractivity contribution is 6.35. The van der Waals surface area contributed by atoms with Crippen LogP contribution in [0.15, 0.2) is 30.0 Å². The lowest BCUT2D eigenvalue weighted by molar-refractivity contribution is -0.137. The number of carbonyl (C=O) groups is 3. The molecule has 162 valence electrons. The molecule has 2 heterocycles. The Hall–Kier alpha value is -2.71. The van der Waals surface area contributed by atoms with Gasteiger partial charge >= 0.3 is 0 Å². The number of ether oxygens (including phenoxy) is 1. The Labute approximate surface area is 177 Å². The van der Waals surface area contributed by atoms with E-state index in [-0.39, 0.29) is 17.7 Å². The molecule has 1 aromatic rings. The van der Waals surface area contributed by atoms with Crippen molar-refractivity contribution in [1.82, 2.24) is 14.7 Å². The van der Waals surface area contributed by atoms with Gasteiger partial charge in [-0.25, -0.2) is 0 Å². The maximum Gasteiger partial charge on any atom is 0.277 e. The number of imide groups is 1. The van der Waals surface area contributed by atoms with Crippen LogP contribution in [0.25, 0.3) is 5.57 Å². The molecule has 1 aromatic carbocycles. The maximum absolute atomic E-state index is 13.3. The smallest absolute Gasteiger partial charge is 0.277 e. The maximum atomic E-state index is 13.3. The van der Waals surface area contributed by atoms with Gasteiger partial charge in [0, 0.05) is 58.5 Å². The van der Waals surface area contributed by atoms with Crippen LogP contribution in [-0.4, -0.2) is 85.4 Å². The molecular weight excluding hydrogens is 384 g/mol. The lowest BCUT2D eigenvalue weighted by Crippen LogP contribution is -2.46. The van der Waals surface area contributed by atoms with E-state index >= 15 is 0 Å². The highest BCUT2D eigenvalue weighted by Gasteiger charge is 2.41. The minimum atomic E-state index is -0.266. The summed E-state index contributed by atoms with van der Waals surface area (Å²) in [7, 11) is 2.05. The van der Waals surface area contributed by atoms with E-state index in [1.165, 1.54) is 11.8 Å². The van der Waals surface area contributed by atoms with Crippen LogP contribution < -0.4 is 5.32 Å². The molecule has 30 heavy (non-hydrogen) atoms. The summed E-state index contributed by atoms with van der Waals surface area (Å²) in [6.45, 7) is 7.90. The number of benzene rings is 1. The van der Waals surface area contributed by atoms with Crippen LogP contribution >= 0.6 is 0 Å². The summed E-state index contributed by atoms with van der Waals surface area (Å²) < 4.78 is 5.36. The van der Waals surface area contributed by atoms with Crippen molar-refractivity contribution >= 4 is 29.0 Å². The number of carbonyl (C=O) groups excluding carboxylic acids is 3. The predicted molar refractivity (Wildman–Crippen MR) is 115 cm³/mol. The zero-order valence-corrected chi connectivity index (χ0v) is 17.9. The van der Waals surface area contributed by atoms with Gasteiger partial charge in [-0.3, -0.25) is 19.3 Å². The SMILES string of the molecule is CCOCCCN1C(=O)C(c2ccc(NC(C)=O)cc2)=C(N2CCN(C)CC2)C1=O. The number of hydrogen-bond donors (Lipinski definition) is 1. The van der Waals surface area contributed by atoms with Gasteiger partial charge in [-0.15, -0.1) is 0 Å². The van der Waals surface area contributed by atoms with Crippen molar-refractivity contribution < 1.29 is 19.1 Å². The predicted octanol–water partition coefficient (Wildman–Crippen LogP) is 1.40.